The van der Waals surface area contributed by atoms with E-state index in [9.17, 15) is 4.79 Å². The molecule has 1 aromatic heterocycles. The SMILES string of the molecule is CC[C@H](C)N(CCc1nc(-c2ccc(C)cc2)no1)C(=O)c1ccccc1. The zero-order chi connectivity index (χ0) is 19.2. The molecule has 0 radical (unpaired) electrons. The molecule has 1 atom stereocenters. The highest BCUT2D eigenvalue weighted by atomic mass is 16.5. The van der Waals surface area contributed by atoms with E-state index in [2.05, 4.69) is 24.0 Å². The fourth-order valence-electron chi connectivity index (χ4n) is 2.88. The minimum atomic E-state index is 0.0308. The van der Waals surface area contributed by atoms with Gasteiger partial charge in [-0.2, -0.15) is 4.98 Å². The molecule has 0 aliphatic carbocycles. The van der Waals surface area contributed by atoms with Gasteiger partial charge in [-0.1, -0.05) is 60.1 Å². The predicted octanol–water partition coefficient (Wildman–Crippen LogP) is 4.53. The third-order valence-corrected chi connectivity index (χ3v) is 4.75. The fourth-order valence-corrected chi connectivity index (χ4v) is 2.88. The molecule has 0 fully saturated rings. The van der Waals surface area contributed by atoms with Gasteiger partial charge in [-0.3, -0.25) is 4.79 Å². The van der Waals surface area contributed by atoms with Crippen LogP contribution in [-0.4, -0.2) is 33.5 Å². The van der Waals surface area contributed by atoms with E-state index in [1.54, 1.807) is 0 Å². The third-order valence-electron chi connectivity index (χ3n) is 4.75. The summed E-state index contributed by atoms with van der Waals surface area (Å²) in [5, 5.41) is 4.07. The summed E-state index contributed by atoms with van der Waals surface area (Å²) in [6.07, 6.45) is 1.42. The van der Waals surface area contributed by atoms with E-state index >= 15 is 0 Å². The standard InChI is InChI=1S/C22H25N3O2/c1-4-17(3)25(22(26)19-8-6-5-7-9-19)15-14-20-23-21(24-27-20)18-12-10-16(2)11-13-18/h5-13,17H,4,14-15H2,1-3H3/t17-/m0/s1. The molecule has 0 unspecified atom stereocenters. The Kier molecular flexibility index (Phi) is 6.01. The Morgan fingerprint density at radius 3 is 2.48 bits per heavy atom. The van der Waals surface area contributed by atoms with Gasteiger partial charge in [-0.25, -0.2) is 0 Å². The van der Waals surface area contributed by atoms with E-state index in [0.717, 1.165) is 12.0 Å². The molecule has 0 aliphatic rings. The molecule has 0 aliphatic heterocycles. The Labute approximate surface area is 160 Å². The highest BCUT2D eigenvalue weighted by Crippen LogP contribution is 2.17. The van der Waals surface area contributed by atoms with Crippen LogP contribution in [-0.2, 0) is 6.42 Å². The number of nitrogens with zero attached hydrogens (tertiary/aromatic N) is 3. The van der Waals surface area contributed by atoms with Gasteiger partial charge in [0.05, 0.1) is 0 Å². The van der Waals surface area contributed by atoms with Crippen LogP contribution in [0, 0.1) is 6.92 Å². The van der Waals surface area contributed by atoms with Gasteiger partial charge in [0.1, 0.15) is 0 Å². The lowest BCUT2D eigenvalue weighted by Gasteiger charge is -2.28. The first-order valence-electron chi connectivity index (χ1n) is 9.34. The Balaban J connectivity index is 1.70. The number of benzene rings is 2. The first kappa shape index (κ1) is 18.8. The zero-order valence-corrected chi connectivity index (χ0v) is 16.1. The second-order valence-electron chi connectivity index (χ2n) is 6.75. The molecule has 0 saturated heterocycles. The van der Waals surface area contributed by atoms with Crippen molar-refractivity contribution in [3.8, 4) is 11.4 Å². The van der Waals surface area contributed by atoms with Crippen molar-refractivity contribution in [2.45, 2.75) is 39.7 Å². The largest absolute Gasteiger partial charge is 0.339 e. The Morgan fingerprint density at radius 2 is 1.81 bits per heavy atom. The van der Waals surface area contributed by atoms with E-state index in [4.69, 9.17) is 4.52 Å². The smallest absolute Gasteiger partial charge is 0.254 e. The Morgan fingerprint density at radius 1 is 1.11 bits per heavy atom. The van der Waals surface area contributed by atoms with Crippen LogP contribution in [0.4, 0.5) is 0 Å². The third kappa shape index (κ3) is 4.61. The van der Waals surface area contributed by atoms with Crippen LogP contribution < -0.4 is 0 Å². The Bertz CT molecular complexity index is 872. The average molecular weight is 363 g/mol. The summed E-state index contributed by atoms with van der Waals surface area (Å²) in [6, 6.07) is 17.5. The van der Waals surface area contributed by atoms with Crippen molar-refractivity contribution in [3.05, 3.63) is 71.6 Å². The minimum Gasteiger partial charge on any atom is -0.339 e. The van der Waals surface area contributed by atoms with E-state index in [-0.39, 0.29) is 11.9 Å². The van der Waals surface area contributed by atoms with Crippen LogP contribution in [0.5, 0.6) is 0 Å². The first-order valence-corrected chi connectivity index (χ1v) is 9.34. The number of carbonyl (C=O) groups excluding carboxylic acids is 1. The fraction of sp³-hybridized carbons (Fsp3) is 0.318. The van der Waals surface area contributed by atoms with Crippen molar-refractivity contribution in [1.82, 2.24) is 15.0 Å². The first-order chi connectivity index (χ1) is 13.1. The molecule has 0 spiro atoms. The molecule has 5 nitrogen and oxygen atoms in total. The number of amides is 1. The van der Waals surface area contributed by atoms with E-state index in [1.807, 2.05) is 66.4 Å². The molecule has 140 valence electrons. The highest BCUT2D eigenvalue weighted by molar-refractivity contribution is 5.94. The number of hydrogen-bond donors (Lipinski definition) is 0. The lowest BCUT2D eigenvalue weighted by atomic mass is 10.1. The van der Waals surface area contributed by atoms with Crippen molar-refractivity contribution >= 4 is 5.91 Å². The molecule has 0 N–H and O–H groups in total. The maximum atomic E-state index is 12.9. The van der Waals surface area contributed by atoms with Crippen molar-refractivity contribution < 1.29 is 9.32 Å². The predicted molar refractivity (Wildman–Crippen MR) is 105 cm³/mol. The zero-order valence-electron chi connectivity index (χ0n) is 16.1. The molecule has 0 saturated carbocycles. The van der Waals surface area contributed by atoms with Gasteiger partial charge >= 0.3 is 0 Å². The number of aryl methyl sites for hydroxylation is 1. The molecule has 3 aromatic rings. The quantitative estimate of drug-likeness (QED) is 0.619. The maximum Gasteiger partial charge on any atom is 0.254 e. The monoisotopic (exact) mass is 363 g/mol. The number of aromatic nitrogens is 2. The average Bonchev–Trinajstić information content (AvgIpc) is 3.18. The summed E-state index contributed by atoms with van der Waals surface area (Å²) < 4.78 is 5.40. The number of carbonyl (C=O) groups is 1. The van der Waals surface area contributed by atoms with Gasteiger partial charge in [-0.05, 0) is 32.4 Å². The summed E-state index contributed by atoms with van der Waals surface area (Å²) in [5.41, 5.74) is 2.81. The molecule has 3 rings (SSSR count). The Hall–Kier alpha value is -2.95. The topological polar surface area (TPSA) is 59.2 Å². The maximum absolute atomic E-state index is 12.9. The van der Waals surface area contributed by atoms with Crippen LogP contribution >= 0.6 is 0 Å². The summed E-state index contributed by atoms with van der Waals surface area (Å²) in [6.45, 7) is 6.72. The van der Waals surface area contributed by atoms with Crippen molar-refractivity contribution in [3.63, 3.8) is 0 Å². The number of rotatable bonds is 7. The second kappa shape index (κ2) is 8.62. The summed E-state index contributed by atoms with van der Waals surface area (Å²) in [4.78, 5) is 19.2. The lowest BCUT2D eigenvalue weighted by Crippen LogP contribution is -2.39. The van der Waals surface area contributed by atoms with Gasteiger partial charge in [0, 0.05) is 30.1 Å². The molecular formula is C22H25N3O2. The molecule has 2 aromatic carbocycles. The van der Waals surface area contributed by atoms with Crippen molar-refractivity contribution in [2.75, 3.05) is 6.54 Å². The van der Waals surface area contributed by atoms with Crippen molar-refractivity contribution in [1.29, 1.82) is 0 Å². The van der Waals surface area contributed by atoms with E-state index in [1.165, 1.54) is 5.56 Å². The van der Waals surface area contributed by atoms with E-state index in [0.29, 0.717) is 30.2 Å². The summed E-state index contributed by atoms with van der Waals surface area (Å²) >= 11 is 0. The molecule has 27 heavy (non-hydrogen) atoms. The van der Waals surface area contributed by atoms with E-state index < -0.39 is 0 Å². The van der Waals surface area contributed by atoms with Gasteiger partial charge < -0.3 is 9.42 Å². The van der Waals surface area contributed by atoms with Gasteiger partial charge in [0.25, 0.3) is 5.91 Å². The normalized spacial score (nSPS) is 12.0. The molecule has 1 amide bonds. The highest BCUT2D eigenvalue weighted by Gasteiger charge is 2.21. The minimum absolute atomic E-state index is 0.0308. The molecular weight excluding hydrogens is 338 g/mol. The molecule has 1 heterocycles. The summed E-state index contributed by atoms with van der Waals surface area (Å²) in [5.74, 6) is 1.15. The van der Waals surface area contributed by atoms with Crippen LogP contribution in [0.15, 0.2) is 59.1 Å². The lowest BCUT2D eigenvalue weighted by molar-refractivity contribution is 0.0686. The second-order valence-corrected chi connectivity index (χ2v) is 6.75. The van der Waals surface area contributed by atoms with Gasteiger partial charge in [-0.15, -0.1) is 0 Å². The molecule has 5 heteroatoms. The summed E-state index contributed by atoms with van der Waals surface area (Å²) in [7, 11) is 0. The van der Waals surface area contributed by atoms with Crippen LogP contribution in [0.25, 0.3) is 11.4 Å². The van der Waals surface area contributed by atoms with Gasteiger partial charge in [0.2, 0.25) is 11.7 Å². The van der Waals surface area contributed by atoms with Crippen LogP contribution in [0.3, 0.4) is 0 Å². The van der Waals surface area contributed by atoms with Crippen LogP contribution in [0.1, 0.15) is 42.1 Å². The van der Waals surface area contributed by atoms with Crippen LogP contribution in [0.2, 0.25) is 0 Å². The van der Waals surface area contributed by atoms with Crippen molar-refractivity contribution in [2.24, 2.45) is 0 Å². The molecule has 0 bridgehead atoms. The van der Waals surface area contributed by atoms with Gasteiger partial charge in [0.15, 0.2) is 0 Å². The number of hydrogen-bond acceptors (Lipinski definition) is 4.